The Morgan fingerprint density at radius 2 is 1.62 bits per heavy atom. The van der Waals surface area contributed by atoms with Gasteiger partial charge in [0.05, 0.1) is 31.0 Å². The van der Waals surface area contributed by atoms with Crippen molar-refractivity contribution < 1.29 is 29.1 Å². The average Bonchev–Trinajstić information content (AvgIpc) is 2.85. The Hall–Kier alpha value is -4.48. The van der Waals surface area contributed by atoms with Crippen molar-refractivity contribution in [2.45, 2.75) is 6.42 Å². The number of nitrogens with zero attached hydrogens (tertiary/aromatic N) is 4. The minimum absolute atomic E-state index is 0.0657. The molecule has 0 radical (unpaired) electrons. The topological polar surface area (TPSA) is 132 Å². The Labute approximate surface area is 192 Å². The molecule has 11 heteroatoms. The van der Waals surface area contributed by atoms with Crippen molar-refractivity contribution in [3.63, 3.8) is 0 Å². The lowest BCUT2D eigenvalue weighted by Gasteiger charge is -2.13. The van der Waals surface area contributed by atoms with Crippen molar-refractivity contribution >= 4 is 23.1 Å². The highest BCUT2D eigenvalue weighted by Gasteiger charge is 2.20. The molecule has 0 unspecified atom stereocenters. The van der Waals surface area contributed by atoms with Gasteiger partial charge in [0, 0.05) is 25.0 Å². The van der Waals surface area contributed by atoms with Gasteiger partial charge in [0.1, 0.15) is 11.2 Å². The van der Waals surface area contributed by atoms with E-state index in [9.17, 15) is 14.4 Å². The summed E-state index contributed by atoms with van der Waals surface area (Å²) in [5, 5.41) is 0. The molecule has 0 aliphatic rings. The molecule has 0 bridgehead atoms. The molecule has 3 heterocycles. The highest BCUT2D eigenvalue weighted by atomic mass is 17.2. The first kappa shape index (κ1) is 22.7. The van der Waals surface area contributed by atoms with E-state index in [-0.39, 0.29) is 34.6 Å². The summed E-state index contributed by atoms with van der Waals surface area (Å²) in [5.41, 5.74) is 1.21. The Balaban J connectivity index is 1.96. The molecule has 0 aliphatic heterocycles. The van der Waals surface area contributed by atoms with E-state index in [1.807, 2.05) is 6.07 Å². The number of carbonyl (C=O) groups excluding carboxylic acids is 2. The van der Waals surface area contributed by atoms with Gasteiger partial charge >= 0.3 is 11.9 Å². The first-order valence-corrected chi connectivity index (χ1v) is 9.93. The van der Waals surface area contributed by atoms with E-state index in [0.717, 1.165) is 19.8 Å². The van der Waals surface area contributed by atoms with Crippen molar-refractivity contribution in [3.8, 4) is 5.69 Å². The molecule has 0 aliphatic carbocycles. The van der Waals surface area contributed by atoms with Crippen LogP contribution in [0.2, 0.25) is 0 Å². The van der Waals surface area contributed by atoms with Crippen LogP contribution >= 0.6 is 0 Å². The predicted octanol–water partition coefficient (Wildman–Crippen LogP) is 2.20. The van der Waals surface area contributed by atoms with Crippen LogP contribution in [0.25, 0.3) is 16.9 Å². The number of aromatic nitrogens is 4. The zero-order chi connectivity index (χ0) is 24.1. The van der Waals surface area contributed by atoms with Gasteiger partial charge in [-0.05, 0) is 42.0 Å². The monoisotopic (exact) mass is 462 g/mol. The number of carbonyl (C=O) groups is 2. The molecule has 4 aromatic rings. The third-order valence-corrected chi connectivity index (χ3v) is 4.74. The maximum absolute atomic E-state index is 13.6. The number of benzene rings is 1. The fourth-order valence-corrected chi connectivity index (χ4v) is 3.34. The van der Waals surface area contributed by atoms with Crippen LogP contribution in [0.15, 0.2) is 65.8 Å². The van der Waals surface area contributed by atoms with Gasteiger partial charge in [-0.25, -0.2) is 19.6 Å². The summed E-state index contributed by atoms with van der Waals surface area (Å²) < 4.78 is 1.27. The molecule has 11 nitrogen and oxygen atoms in total. The Morgan fingerprint density at radius 3 is 2.24 bits per heavy atom. The lowest BCUT2D eigenvalue weighted by atomic mass is 10.1. The number of fused-ring (bicyclic) bond motifs is 1. The number of hydrogen-bond donors (Lipinski definition) is 0. The van der Waals surface area contributed by atoms with E-state index < -0.39 is 17.5 Å². The molecule has 0 saturated heterocycles. The molecule has 4 rings (SSSR count). The van der Waals surface area contributed by atoms with E-state index in [1.54, 1.807) is 30.6 Å². The fraction of sp³-hybridized carbons (Fsp3) is 0.130. The molecule has 0 atom stereocenters. The van der Waals surface area contributed by atoms with E-state index in [0.29, 0.717) is 5.52 Å². The van der Waals surface area contributed by atoms with Crippen LogP contribution in [0.3, 0.4) is 0 Å². The summed E-state index contributed by atoms with van der Waals surface area (Å²) in [6, 6.07) is 10.9. The second-order valence-corrected chi connectivity index (χ2v) is 6.93. The molecule has 3 aromatic heterocycles. The Bertz CT molecular complexity index is 1380. The maximum Gasteiger partial charge on any atom is 0.373 e. The maximum atomic E-state index is 13.6. The van der Waals surface area contributed by atoms with Gasteiger partial charge in [-0.3, -0.25) is 24.1 Å². The third kappa shape index (κ3) is 4.65. The summed E-state index contributed by atoms with van der Waals surface area (Å²) in [5.74, 6) is -1.77. The molecule has 0 fully saturated rings. The van der Waals surface area contributed by atoms with Crippen molar-refractivity contribution in [2.24, 2.45) is 0 Å². The third-order valence-electron chi connectivity index (χ3n) is 4.74. The van der Waals surface area contributed by atoms with Gasteiger partial charge < -0.3 is 0 Å². The standard InChI is InChI=1S/C23H18N4O7/c1-31-33-22(29)15-10-16(23(30)34-32-2)12-17(11-15)27-20-18(6-4-8-25-20)26-19(21(27)28)9-14-5-3-7-24-13-14/h3-8,10-13H,9H2,1-2H3. The molecule has 0 N–H and O–H groups in total. The van der Waals surface area contributed by atoms with Crippen molar-refractivity contribution in [3.05, 3.63) is 93.8 Å². The lowest BCUT2D eigenvalue weighted by Crippen LogP contribution is -2.26. The van der Waals surface area contributed by atoms with Gasteiger partial charge in [0.15, 0.2) is 5.65 Å². The van der Waals surface area contributed by atoms with Gasteiger partial charge in [-0.15, -0.1) is 0 Å². The minimum atomic E-state index is -0.884. The first-order chi connectivity index (χ1) is 16.5. The summed E-state index contributed by atoms with van der Waals surface area (Å²) >= 11 is 0. The van der Waals surface area contributed by atoms with E-state index in [2.05, 4.69) is 34.5 Å². The zero-order valence-electron chi connectivity index (χ0n) is 18.1. The number of hydrogen-bond acceptors (Lipinski definition) is 10. The lowest BCUT2D eigenvalue weighted by molar-refractivity contribution is -0.216. The second kappa shape index (κ2) is 9.98. The molecule has 0 amide bonds. The normalized spacial score (nSPS) is 10.8. The molecular weight excluding hydrogens is 444 g/mol. The van der Waals surface area contributed by atoms with Gasteiger partial charge in [-0.2, -0.15) is 9.78 Å². The highest BCUT2D eigenvalue weighted by Crippen LogP contribution is 2.20. The zero-order valence-corrected chi connectivity index (χ0v) is 18.1. The van der Waals surface area contributed by atoms with Crippen LogP contribution in [-0.2, 0) is 26.0 Å². The quantitative estimate of drug-likeness (QED) is 0.297. The summed E-state index contributed by atoms with van der Waals surface area (Å²) in [6.07, 6.45) is 4.98. The van der Waals surface area contributed by atoms with Crippen LogP contribution in [0.1, 0.15) is 32.0 Å². The molecule has 0 spiro atoms. The minimum Gasteiger partial charge on any atom is -0.293 e. The van der Waals surface area contributed by atoms with Gasteiger partial charge in [0.2, 0.25) is 0 Å². The molecular formula is C23H18N4O7. The van der Waals surface area contributed by atoms with Crippen LogP contribution in [-0.4, -0.2) is 45.7 Å². The predicted molar refractivity (Wildman–Crippen MR) is 117 cm³/mol. The van der Waals surface area contributed by atoms with E-state index in [4.69, 9.17) is 0 Å². The Kier molecular flexibility index (Phi) is 6.67. The molecule has 0 saturated carbocycles. The largest absolute Gasteiger partial charge is 0.373 e. The van der Waals surface area contributed by atoms with Crippen molar-refractivity contribution in [1.82, 2.24) is 19.5 Å². The first-order valence-electron chi connectivity index (χ1n) is 9.93. The van der Waals surface area contributed by atoms with Crippen molar-refractivity contribution in [1.29, 1.82) is 0 Å². The summed E-state index contributed by atoms with van der Waals surface area (Å²) in [4.78, 5) is 69.2. The van der Waals surface area contributed by atoms with Crippen LogP contribution in [0.4, 0.5) is 0 Å². The molecule has 34 heavy (non-hydrogen) atoms. The van der Waals surface area contributed by atoms with Crippen molar-refractivity contribution in [2.75, 3.05) is 14.2 Å². The average molecular weight is 462 g/mol. The highest BCUT2D eigenvalue weighted by molar-refractivity contribution is 5.96. The van der Waals surface area contributed by atoms with Gasteiger partial charge in [0.25, 0.3) is 5.56 Å². The van der Waals surface area contributed by atoms with Crippen LogP contribution in [0, 0.1) is 0 Å². The fourth-order valence-electron chi connectivity index (χ4n) is 3.34. The second-order valence-electron chi connectivity index (χ2n) is 6.93. The molecule has 172 valence electrons. The number of pyridine rings is 2. The smallest absolute Gasteiger partial charge is 0.293 e. The van der Waals surface area contributed by atoms with Gasteiger partial charge in [-0.1, -0.05) is 6.07 Å². The number of rotatable bonds is 7. The van der Waals surface area contributed by atoms with E-state index >= 15 is 0 Å². The summed E-state index contributed by atoms with van der Waals surface area (Å²) in [7, 11) is 2.33. The summed E-state index contributed by atoms with van der Waals surface area (Å²) in [6.45, 7) is 0. The Morgan fingerprint density at radius 1 is 0.941 bits per heavy atom. The van der Waals surface area contributed by atoms with E-state index in [1.165, 1.54) is 29.0 Å². The molecule has 1 aromatic carbocycles. The van der Waals surface area contributed by atoms with Crippen LogP contribution in [0.5, 0.6) is 0 Å². The SMILES string of the molecule is COOC(=O)c1cc(C(=O)OOC)cc(-n2c(=O)c(Cc3cccnc3)nc3cccnc32)c1. The van der Waals surface area contributed by atoms with Crippen LogP contribution < -0.4 is 5.56 Å².